The van der Waals surface area contributed by atoms with Crippen molar-refractivity contribution in [3.63, 3.8) is 0 Å². The second-order valence-electron chi connectivity index (χ2n) is 12.1. The molecule has 2 heterocycles. The van der Waals surface area contributed by atoms with Crippen LogP contribution in [0.25, 0.3) is 33.2 Å². The predicted molar refractivity (Wildman–Crippen MR) is 149 cm³/mol. The maximum Gasteiger partial charge on any atom is 0.144 e. The summed E-state index contributed by atoms with van der Waals surface area (Å²) in [5, 5.41) is 3.96. The average molecular weight is 470 g/mol. The summed E-state index contributed by atoms with van der Waals surface area (Å²) in [6.07, 6.45) is 4.84. The highest BCUT2D eigenvalue weighted by molar-refractivity contribution is 6.90. The van der Waals surface area contributed by atoms with Gasteiger partial charge in [-0.15, -0.1) is 0 Å². The van der Waals surface area contributed by atoms with Gasteiger partial charge in [0.1, 0.15) is 11.2 Å². The Morgan fingerprint density at radius 1 is 0.853 bits per heavy atom. The Kier molecular flexibility index (Phi) is 5.96. The van der Waals surface area contributed by atoms with E-state index in [9.17, 15) is 0 Å². The molecule has 0 spiro atoms. The summed E-state index contributed by atoms with van der Waals surface area (Å²) in [6, 6.07) is 17.6. The monoisotopic (exact) mass is 469 g/mol. The van der Waals surface area contributed by atoms with Gasteiger partial charge in [-0.3, -0.25) is 4.98 Å². The van der Waals surface area contributed by atoms with Gasteiger partial charge < -0.3 is 4.42 Å². The number of fused-ring (bicyclic) bond motifs is 3. The van der Waals surface area contributed by atoms with Crippen LogP contribution >= 0.6 is 0 Å². The van der Waals surface area contributed by atoms with Crippen LogP contribution in [0.3, 0.4) is 0 Å². The van der Waals surface area contributed by atoms with Crippen LogP contribution in [0.1, 0.15) is 52.0 Å². The van der Waals surface area contributed by atoms with Crippen molar-refractivity contribution in [1.82, 2.24) is 4.98 Å². The van der Waals surface area contributed by atoms with Gasteiger partial charge in [0, 0.05) is 22.5 Å². The van der Waals surface area contributed by atoms with Gasteiger partial charge in [0.15, 0.2) is 0 Å². The van der Waals surface area contributed by atoms with E-state index in [1.54, 1.807) is 0 Å². The van der Waals surface area contributed by atoms with Crippen LogP contribution in [-0.4, -0.2) is 13.1 Å². The van der Waals surface area contributed by atoms with Crippen molar-refractivity contribution in [3.05, 3.63) is 60.3 Å². The highest BCUT2D eigenvalue weighted by Gasteiger charge is 2.40. The van der Waals surface area contributed by atoms with Gasteiger partial charge in [-0.25, -0.2) is 0 Å². The Balaban J connectivity index is 1.62. The summed E-state index contributed by atoms with van der Waals surface area (Å²) in [5.74, 6) is 3.52. The molecule has 1 aliphatic carbocycles. The van der Waals surface area contributed by atoms with Crippen LogP contribution in [0.2, 0.25) is 19.6 Å². The van der Waals surface area contributed by atoms with Gasteiger partial charge in [0.2, 0.25) is 0 Å². The Morgan fingerprint density at radius 3 is 2.12 bits per heavy atom. The molecule has 0 radical (unpaired) electrons. The molecule has 0 N–H and O–H groups in total. The minimum atomic E-state index is -1.55. The number of hydrogen-bond acceptors (Lipinski definition) is 2. The predicted octanol–water partition coefficient (Wildman–Crippen LogP) is 8.62. The van der Waals surface area contributed by atoms with Gasteiger partial charge in [0.05, 0.1) is 13.8 Å². The molecule has 178 valence electrons. The topological polar surface area (TPSA) is 26.0 Å². The summed E-state index contributed by atoms with van der Waals surface area (Å²) in [4.78, 5) is 5.04. The van der Waals surface area contributed by atoms with Crippen molar-refractivity contribution in [2.75, 3.05) is 0 Å². The Morgan fingerprint density at radius 2 is 1.53 bits per heavy atom. The first-order valence-electron chi connectivity index (χ1n) is 13.1. The molecule has 2 unspecified atom stereocenters. The normalized spacial score (nSPS) is 21.4. The van der Waals surface area contributed by atoms with Crippen LogP contribution in [0.5, 0.6) is 0 Å². The number of rotatable bonds is 5. The largest absolute Gasteiger partial charge is 0.455 e. The minimum Gasteiger partial charge on any atom is -0.455 e. The summed E-state index contributed by atoms with van der Waals surface area (Å²) in [7, 11) is -1.55. The third kappa shape index (κ3) is 3.92. The Labute approximate surface area is 205 Å². The number of furan rings is 1. The van der Waals surface area contributed by atoms with Crippen molar-refractivity contribution in [1.29, 1.82) is 0 Å². The molecule has 1 fully saturated rings. The maximum absolute atomic E-state index is 6.48. The second kappa shape index (κ2) is 8.68. The number of benzene rings is 2. The van der Waals surface area contributed by atoms with E-state index in [4.69, 9.17) is 9.40 Å². The van der Waals surface area contributed by atoms with Crippen LogP contribution in [0.4, 0.5) is 0 Å². The van der Waals surface area contributed by atoms with E-state index in [0.717, 1.165) is 34.3 Å². The van der Waals surface area contributed by atoms with E-state index < -0.39 is 8.07 Å². The molecule has 2 atom stereocenters. The standard InChI is InChI=1S/C31H39NOSi/c1-19(2)22-13-14-23(20(3)4)29(22)21-12-16-26(32-18-21)24-15-17-28(34(5,6)7)30-25-10-8-9-11-27(25)33-31(24)30/h8-12,15-20,22-23,29H,13-14H2,1-7H3. The molecule has 5 rings (SSSR count). The minimum absolute atomic E-state index is 0.613. The number of hydrogen-bond donors (Lipinski definition) is 0. The van der Waals surface area contributed by atoms with E-state index in [1.165, 1.54) is 34.4 Å². The van der Waals surface area contributed by atoms with Crippen LogP contribution in [0, 0.1) is 23.7 Å². The molecule has 1 aliphatic rings. The fraction of sp³-hybridized carbons (Fsp3) is 0.452. The first kappa shape index (κ1) is 23.4. The average Bonchev–Trinajstić information content (AvgIpc) is 3.40. The van der Waals surface area contributed by atoms with Crippen molar-refractivity contribution in [3.8, 4) is 11.3 Å². The fourth-order valence-electron chi connectivity index (χ4n) is 6.47. The molecule has 0 aliphatic heterocycles. The number of aromatic nitrogens is 1. The fourth-order valence-corrected chi connectivity index (χ4v) is 8.05. The molecule has 0 amide bonds. The molecule has 0 saturated heterocycles. The first-order chi connectivity index (χ1) is 16.2. The summed E-state index contributed by atoms with van der Waals surface area (Å²) in [6.45, 7) is 16.8. The quantitative estimate of drug-likeness (QED) is 0.273. The molecule has 0 bridgehead atoms. The van der Waals surface area contributed by atoms with E-state index >= 15 is 0 Å². The van der Waals surface area contributed by atoms with Crippen molar-refractivity contribution < 1.29 is 4.42 Å². The molecule has 3 heteroatoms. The first-order valence-corrected chi connectivity index (χ1v) is 16.6. The van der Waals surface area contributed by atoms with E-state index in [1.807, 2.05) is 0 Å². The molecule has 4 aromatic rings. The lowest BCUT2D eigenvalue weighted by Gasteiger charge is -2.30. The zero-order valence-corrected chi connectivity index (χ0v) is 22.9. The third-order valence-electron chi connectivity index (χ3n) is 8.25. The smallest absolute Gasteiger partial charge is 0.144 e. The highest BCUT2D eigenvalue weighted by atomic mass is 28.3. The Hall–Kier alpha value is -2.39. The summed E-state index contributed by atoms with van der Waals surface area (Å²) in [5.41, 5.74) is 5.48. The number of para-hydroxylation sites is 1. The third-order valence-corrected chi connectivity index (χ3v) is 10.3. The van der Waals surface area contributed by atoms with E-state index in [-0.39, 0.29) is 0 Å². The van der Waals surface area contributed by atoms with Crippen LogP contribution in [-0.2, 0) is 0 Å². The maximum atomic E-state index is 6.48. The molecular formula is C31H39NOSi. The van der Waals surface area contributed by atoms with Gasteiger partial charge in [-0.2, -0.15) is 0 Å². The van der Waals surface area contributed by atoms with Crippen molar-refractivity contribution in [2.45, 2.75) is 66.1 Å². The zero-order valence-electron chi connectivity index (χ0n) is 21.9. The number of nitrogens with zero attached hydrogens (tertiary/aromatic N) is 1. The van der Waals surface area contributed by atoms with Gasteiger partial charge in [0.25, 0.3) is 0 Å². The summed E-state index contributed by atoms with van der Waals surface area (Å²) < 4.78 is 6.48. The van der Waals surface area contributed by atoms with Gasteiger partial charge >= 0.3 is 0 Å². The highest BCUT2D eigenvalue weighted by Crippen LogP contribution is 2.50. The molecule has 2 aromatic carbocycles. The van der Waals surface area contributed by atoms with Gasteiger partial charge in [-0.05, 0) is 71.4 Å². The van der Waals surface area contributed by atoms with Crippen molar-refractivity contribution >= 4 is 35.2 Å². The van der Waals surface area contributed by atoms with E-state index in [2.05, 4.69) is 102 Å². The lowest BCUT2D eigenvalue weighted by molar-refractivity contribution is 0.286. The number of pyridine rings is 1. The molecule has 34 heavy (non-hydrogen) atoms. The van der Waals surface area contributed by atoms with E-state index in [0.29, 0.717) is 17.8 Å². The lowest BCUT2D eigenvalue weighted by atomic mass is 9.75. The zero-order chi connectivity index (χ0) is 24.2. The Bertz CT molecular complexity index is 1290. The van der Waals surface area contributed by atoms with Crippen LogP contribution < -0.4 is 5.19 Å². The molecule has 2 aromatic heterocycles. The molecule has 2 nitrogen and oxygen atoms in total. The molecular weight excluding hydrogens is 430 g/mol. The lowest BCUT2D eigenvalue weighted by Crippen LogP contribution is -2.37. The SMILES string of the molecule is CC(C)C1CCC(C(C)C)C1c1ccc(-c2ccc([Si](C)(C)C)c3c2oc2ccccc23)nc1. The van der Waals surface area contributed by atoms with Crippen molar-refractivity contribution in [2.24, 2.45) is 23.7 Å². The summed E-state index contributed by atoms with van der Waals surface area (Å²) >= 11 is 0. The van der Waals surface area contributed by atoms with Gasteiger partial charge in [-0.1, -0.05) is 77.7 Å². The van der Waals surface area contributed by atoms with Crippen LogP contribution in [0.15, 0.2) is 59.1 Å². The second-order valence-corrected chi connectivity index (χ2v) is 17.1. The molecule has 1 saturated carbocycles.